The number of sulfonamides is 1. The van der Waals surface area contributed by atoms with E-state index in [1.54, 1.807) is 32.0 Å². The van der Waals surface area contributed by atoms with Crippen LogP contribution in [0.4, 0.5) is 11.5 Å². The molecule has 158 valence electrons. The second kappa shape index (κ2) is 8.76. The van der Waals surface area contributed by atoms with Gasteiger partial charge in [-0.05, 0) is 68.8 Å². The highest BCUT2D eigenvalue weighted by Gasteiger charge is 2.18. The molecule has 0 spiro atoms. The summed E-state index contributed by atoms with van der Waals surface area (Å²) in [4.78, 5) is 12.4. The number of hydrogen-bond acceptors (Lipinski definition) is 6. The highest BCUT2D eigenvalue weighted by atomic mass is 35.5. The highest BCUT2D eigenvalue weighted by molar-refractivity contribution is 7.92. The number of aryl methyl sites for hydroxylation is 2. The number of anilines is 2. The Kier molecular flexibility index (Phi) is 6.33. The van der Waals surface area contributed by atoms with Crippen molar-refractivity contribution >= 4 is 39.0 Å². The predicted octanol–water partition coefficient (Wildman–Crippen LogP) is 4.15. The summed E-state index contributed by atoms with van der Waals surface area (Å²) in [5.74, 6) is 0.748. The molecule has 0 aliphatic rings. The van der Waals surface area contributed by atoms with Crippen molar-refractivity contribution in [3.8, 4) is 5.75 Å². The molecule has 0 saturated heterocycles. The molecule has 1 atom stereocenters. The Morgan fingerprint density at radius 2 is 1.83 bits per heavy atom. The maximum absolute atomic E-state index is 12.4. The quantitative estimate of drug-likeness (QED) is 0.560. The van der Waals surface area contributed by atoms with Crippen LogP contribution in [0.5, 0.6) is 5.75 Å². The minimum Gasteiger partial charge on any atom is -0.481 e. The minimum absolute atomic E-state index is 0.0160. The number of nitrogens with one attached hydrogen (secondary N) is 2. The molecule has 8 nitrogen and oxygen atoms in total. The van der Waals surface area contributed by atoms with Gasteiger partial charge in [0.15, 0.2) is 11.9 Å². The van der Waals surface area contributed by atoms with E-state index < -0.39 is 16.1 Å². The van der Waals surface area contributed by atoms with Crippen molar-refractivity contribution < 1.29 is 22.5 Å². The molecule has 1 unspecified atom stereocenters. The van der Waals surface area contributed by atoms with E-state index in [9.17, 15) is 13.2 Å². The van der Waals surface area contributed by atoms with Crippen molar-refractivity contribution in [3.05, 3.63) is 64.9 Å². The fraction of sp³-hybridized carbons (Fsp3) is 0.200. The number of amides is 1. The fourth-order valence-corrected chi connectivity index (χ4v) is 3.77. The molecular formula is C20H20ClN3O5S. The summed E-state index contributed by atoms with van der Waals surface area (Å²) < 4.78 is 37.7. The van der Waals surface area contributed by atoms with Gasteiger partial charge in [-0.3, -0.25) is 9.52 Å². The van der Waals surface area contributed by atoms with E-state index in [4.69, 9.17) is 20.9 Å². The Labute approximate surface area is 179 Å². The largest absolute Gasteiger partial charge is 0.481 e. The first-order valence-corrected chi connectivity index (χ1v) is 10.8. The molecule has 2 N–H and O–H groups in total. The van der Waals surface area contributed by atoms with Crippen LogP contribution in [0.15, 0.2) is 57.9 Å². The molecule has 1 heterocycles. The SMILES string of the molecule is Cc1cc(NS(=O)(=O)c2ccc(NC(=O)C(C)Oc3ccc(Cl)cc3C)cc2)no1. The Morgan fingerprint density at radius 1 is 1.13 bits per heavy atom. The number of carbonyl (C=O) groups is 1. The van der Waals surface area contributed by atoms with Gasteiger partial charge in [0, 0.05) is 16.8 Å². The molecule has 0 bridgehead atoms. The maximum Gasteiger partial charge on any atom is 0.265 e. The fourth-order valence-electron chi connectivity index (χ4n) is 2.56. The number of benzene rings is 2. The zero-order valence-corrected chi connectivity index (χ0v) is 18.0. The van der Waals surface area contributed by atoms with Gasteiger partial charge in [0.25, 0.3) is 15.9 Å². The molecule has 30 heavy (non-hydrogen) atoms. The van der Waals surface area contributed by atoms with Gasteiger partial charge in [0.2, 0.25) is 0 Å². The molecule has 1 aromatic heterocycles. The molecule has 0 aliphatic carbocycles. The van der Waals surface area contributed by atoms with Gasteiger partial charge in [0.05, 0.1) is 4.90 Å². The lowest BCUT2D eigenvalue weighted by Gasteiger charge is -2.16. The summed E-state index contributed by atoms with van der Waals surface area (Å²) in [6.45, 7) is 5.10. The lowest BCUT2D eigenvalue weighted by Crippen LogP contribution is -2.30. The Morgan fingerprint density at radius 3 is 2.43 bits per heavy atom. The number of hydrogen-bond donors (Lipinski definition) is 2. The van der Waals surface area contributed by atoms with E-state index in [1.807, 2.05) is 6.92 Å². The van der Waals surface area contributed by atoms with Crippen molar-refractivity contribution in [2.45, 2.75) is 31.8 Å². The lowest BCUT2D eigenvalue weighted by molar-refractivity contribution is -0.122. The Balaban J connectivity index is 1.63. The number of aromatic nitrogens is 1. The van der Waals surface area contributed by atoms with Crippen LogP contribution < -0.4 is 14.8 Å². The number of ether oxygens (including phenoxy) is 1. The molecule has 0 fully saturated rings. The zero-order chi connectivity index (χ0) is 21.9. The average molecular weight is 450 g/mol. The number of carbonyl (C=O) groups excluding carboxylic acids is 1. The standard InChI is InChI=1S/C20H20ClN3O5S/c1-12-10-15(21)4-9-18(12)28-14(3)20(25)22-16-5-7-17(8-6-16)30(26,27)24-19-11-13(2)29-23-19/h4-11,14H,1-3H3,(H,22,25)(H,23,24). The van der Waals surface area contributed by atoms with Crippen molar-refractivity contribution in [2.75, 3.05) is 10.0 Å². The normalized spacial score (nSPS) is 12.3. The van der Waals surface area contributed by atoms with Gasteiger partial charge in [-0.25, -0.2) is 8.42 Å². The maximum atomic E-state index is 12.4. The summed E-state index contributed by atoms with van der Waals surface area (Å²) >= 11 is 5.92. The second-order valence-electron chi connectivity index (χ2n) is 6.61. The van der Waals surface area contributed by atoms with Crippen molar-refractivity contribution in [2.24, 2.45) is 0 Å². The summed E-state index contributed by atoms with van der Waals surface area (Å²) in [6.07, 6.45) is -0.773. The van der Waals surface area contributed by atoms with Crippen molar-refractivity contribution in [1.82, 2.24) is 5.16 Å². The van der Waals surface area contributed by atoms with Crippen LogP contribution >= 0.6 is 11.6 Å². The van der Waals surface area contributed by atoms with E-state index in [-0.39, 0.29) is 16.6 Å². The van der Waals surface area contributed by atoms with E-state index in [0.717, 1.165) is 5.56 Å². The van der Waals surface area contributed by atoms with E-state index >= 15 is 0 Å². The summed E-state index contributed by atoms with van der Waals surface area (Å²) in [6, 6.07) is 12.3. The second-order valence-corrected chi connectivity index (χ2v) is 8.73. The zero-order valence-electron chi connectivity index (χ0n) is 16.5. The van der Waals surface area contributed by atoms with Crippen LogP contribution in [0.2, 0.25) is 5.02 Å². The van der Waals surface area contributed by atoms with Crippen molar-refractivity contribution in [1.29, 1.82) is 0 Å². The Bertz CT molecular complexity index is 1160. The van der Waals surface area contributed by atoms with Crippen LogP contribution in [0, 0.1) is 13.8 Å². The van der Waals surface area contributed by atoms with Gasteiger partial charge in [-0.1, -0.05) is 16.8 Å². The highest BCUT2D eigenvalue weighted by Crippen LogP contribution is 2.23. The smallest absolute Gasteiger partial charge is 0.265 e. The minimum atomic E-state index is -3.83. The summed E-state index contributed by atoms with van der Waals surface area (Å²) in [5, 5.41) is 6.88. The first kappa shape index (κ1) is 21.7. The summed E-state index contributed by atoms with van der Waals surface area (Å²) in [5.41, 5.74) is 1.24. The van der Waals surface area contributed by atoms with E-state index in [1.165, 1.54) is 30.3 Å². The van der Waals surface area contributed by atoms with Gasteiger partial charge >= 0.3 is 0 Å². The Hall–Kier alpha value is -3.04. The van der Waals surface area contributed by atoms with Crippen LogP contribution in [-0.4, -0.2) is 25.6 Å². The predicted molar refractivity (Wildman–Crippen MR) is 113 cm³/mol. The van der Waals surface area contributed by atoms with E-state index in [2.05, 4.69) is 15.2 Å². The number of nitrogens with zero attached hydrogens (tertiary/aromatic N) is 1. The topological polar surface area (TPSA) is 111 Å². The third-order valence-corrected chi connectivity index (χ3v) is 5.71. The molecule has 2 aromatic carbocycles. The van der Waals surface area contributed by atoms with E-state index in [0.29, 0.717) is 22.2 Å². The lowest BCUT2D eigenvalue weighted by atomic mass is 10.2. The molecule has 3 aromatic rings. The van der Waals surface area contributed by atoms with Gasteiger partial charge < -0.3 is 14.6 Å². The van der Waals surface area contributed by atoms with Gasteiger partial charge in [-0.15, -0.1) is 0 Å². The molecule has 0 aliphatic heterocycles. The molecule has 10 heteroatoms. The molecule has 0 saturated carbocycles. The molecule has 1 amide bonds. The molecule has 3 rings (SSSR count). The van der Waals surface area contributed by atoms with Crippen LogP contribution in [-0.2, 0) is 14.8 Å². The third-order valence-electron chi connectivity index (χ3n) is 4.11. The average Bonchev–Trinajstić information content (AvgIpc) is 3.08. The van der Waals surface area contributed by atoms with Gasteiger partial charge in [-0.2, -0.15) is 0 Å². The number of rotatable bonds is 7. The molecule has 0 radical (unpaired) electrons. The monoisotopic (exact) mass is 449 g/mol. The van der Waals surface area contributed by atoms with Crippen LogP contribution in [0.1, 0.15) is 18.2 Å². The van der Waals surface area contributed by atoms with Gasteiger partial charge in [0.1, 0.15) is 11.5 Å². The van der Waals surface area contributed by atoms with Crippen LogP contribution in [0.3, 0.4) is 0 Å². The van der Waals surface area contributed by atoms with Crippen molar-refractivity contribution in [3.63, 3.8) is 0 Å². The first-order valence-electron chi connectivity index (χ1n) is 8.94. The van der Waals surface area contributed by atoms with Crippen LogP contribution in [0.25, 0.3) is 0 Å². The summed E-state index contributed by atoms with van der Waals surface area (Å²) in [7, 11) is -3.83. The first-order chi connectivity index (χ1) is 14.1. The third kappa shape index (κ3) is 5.31. The molecular weight excluding hydrogens is 430 g/mol. The number of halogens is 1.